The van der Waals surface area contributed by atoms with Gasteiger partial charge >= 0.3 is 4.87 Å². The lowest BCUT2D eigenvalue weighted by atomic mass is 9.83. The van der Waals surface area contributed by atoms with Crippen molar-refractivity contribution in [3.8, 4) is 5.75 Å². The summed E-state index contributed by atoms with van der Waals surface area (Å²) in [6.07, 6.45) is 0. The number of thioether (sulfide) groups is 1. The van der Waals surface area contributed by atoms with E-state index in [0.29, 0.717) is 26.9 Å². The molecule has 0 unspecified atom stereocenters. The number of nitro benzene ring substituents is 1. The number of carbonyl (C=O) groups is 3. The molecule has 3 atom stereocenters. The van der Waals surface area contributed by atoms with Crippen LogP contribution in [0.15, 0.2) is 82.6 Å². The number of para-hydroxylation sites is 1. The van der Waals surface area contributed by atoms with Crippen LogP contribution < -0.4 is 19.8 Å². The zero-order chi connectivity index (χ0) is 29.5. The first kappa shape index (κ1) is 27.4. The number of rotatable bonds is 7. The van der Waals surface area contributed by atoms with Crippen molar-refractivity contribution in [1.82, 2.24) is 4.98 Å². The molecule has 2 aliphatic rings. The fourth-order valence-electron chi connectivity index (χ4n) is 5.20. The highest BCUT2D eigenvalue weighted by Crippen LogP contribution is 2.53. The molecule has 0 bridgehead atoms. The maximum absolute atomic E-state index is 13.9. The van der Waals surface area contributed by atoms with Crippen LogP contribution in [0.2, 0.25) is 0 Å². The molecule has 42 heavy (non-hydrogen) atoms. The first-order chi connectivity index (χ1) is 20.2. The number of anilines is 2. The van der Waals surface area contributed by atoms with Gasteiger partial charge in [0.1, 0.15) is 11.0 Å². The summed E-state index contributed by atoms with van der Waals surface area (Å²) in [5.41, 5.74) is 2.31. The lowest BCUT2D eigenvalue weighted by molar-refractivity contribution is -0.384. The molecule has 1 fully saturated rings. The third-order valence-corrected chi connectivity index (χ3v) is 9.55. The van der Waals surface area contributed by atoms with Gasteiger partial charge in [0.25, 0.3) is 11.6 Å². The number of aromatic amines is 1. The fraction of sp³-hybridized carbons (Fsp3) is 0.172. The number of nitrogens with zero attached hydrogens (tertiary/aromatic N) is 2. The van der Waals surface area contributed by atoms with Crippen LogP contribution in [0.4, 0.5) is 17.1 Å². The number of nitro groups is 1. The first-order valence-corrected chi connectivity index (χ1v) is 14.5. The van der Waals surface area contributed by atoms with Gasteiger partial charge in [-0.05, 0) is 48.4 Å². The molecule has 4 aromatic rings. The Morgan fingerprint density at radius 3 is 2.55 bits per heavy atom. The van der Waals surface area contributed by atoms with Crippen molar-refractivity contribution in [3.63, 3.8) is 0 Å². The SMILES string of the molecule is Cc1ccccc1NC(=O)COc1cccc([C@@H]2c3sc(=O)[nH]c3S[C@H]3C(=O)N(c4ccc([N+](=O)[O-])cc4)C(=O)[C@@H]23)c1. The van der Waals surface area contributed by atoms with Crippen molar-refractivity contribution in [2.75, 3.05) is 16.8 Å². The van der Waals surface area contributed by atoms with E-state index in [1.165, 1.54) is 24.3 Å². The molecule has 212 valence electrons. The molecular formula is C29H22N4O7S2. The average Bonchev–Trinajstić information content (AvgIpc) is 3.47. The maximum Gasteiger partial charge on any atom is 0.305 e. The van der Waals surface area contributed by atoms with E-state index in [4.69, 9.17) is 4.74 Å². The van der Waals surface area contributed by atoms with Crippen LogP contribution in [0, 0.1) is 23.0 Å². The molecule has 2 aliphatic heterocycles. The summed E-state index contributed by atoms with van der Waals surface area (Å²) in [5, 5.41) is 13.6. The number of carbonyl (C=O) groups excluding carboxylic acids is 3. The monoisotopic (exact) mass is 602 g/mol. The molecule has 3 heterocycles. The molecule has 0 spiro atoms. The number of nitrogens with one attached hydrogen (secondary N) is 2. The number of imide groups is 1. The van der Waals surface area contributed by atoms with Gasteiger partial charge < -0.3 is 15.0 Å². The molecule has 3 aromatic carbocycles. The van der Waals surface area contributed by atoms with Crippen molar-refractivity contribution in [2.24, 2.45) is 5.92 Å². The van der Waals surface area contributed by atoms with E-state index in [1.807, 2.05) is 25.1 Å². The van der Waals surface area contributed by atoms with Crippen molar-refractivity contribution >= 4 is 57.9 Å². The van der Waals surface area contributed by atoms with Gasteiger partial charge in [0, 0.05) is 28.6 Å². The molecular weight excluding hydrogens is 580 g/mol. The van der Waals surface area contributed by atoms with E-state index < -0.39 is 33.8 Å². The largest absolute Gasteiger partial charge is 0.484 e. The zero-order valence-corrected chi connectivity index (χ0v) is 23.6. The Kier molecular flexibility index (Phi) is 7.12. The molecule has 0 saturated carbocycles. The zero-order valence-electron chi connectivity index (χ0n) is 21.9. The number of hydrogen-bond acceptors (Lipinski definition) is 9. The minimum Gasteiger partial charge on any atom is -0.484 e. The van der Waals surface area contributed by atoms with Crippen LogP contribution in [0.1, 0.15) is 21.9 Å². The number of hydrogen-bond donors (Lipinski definition) is 2. The fourth-order valence-corrected chi connectivity index (χ4v) is 7.72. The normalized spacial score (nSPS) is 19.3. The van der Waals surface area contributed by atoms with Gasteiger partial charge in [-0.2, -0.15) is 0 Å². The molecule has 2 N–H and O–H groups in total. The second kappa shape index (κ2) is 10.9. The Bertz CT molecular complexity index is 1800. The molecule has 0 aliphatic carbocycles. The molecule has 11 nitrogen and oxygen atoms in total. The number of aromatic nitrogens is 1. The number of non-ortho nitro benzene ring substituents is 1. The Labute approximate surface area is 246 Å². The highest BCUT2D eigenvalue weighted by atomic mass is 32.2. The predicted molar refractivity (Wildman–Crippen MR) is 157 cm³/mol. The Balaban J connectivity index is 1.29. The number of fused-ring (bicyclic) bond motifs is 2. The third kappa shape index (κ3) is 4.97. The maximum atomic E-state index is 13.9. The van der Waals surface area contributed by atoms with Gasteiger partial charge in [0.2, 0.25) is 11.8 Å². The Hall–Kier alpha value is -4.75. The summed E-state index contributed by atoms with van der Waals surface area (Å²) in [7, 11) is 0. The molecule has 6 rings (SSSR count). The number of aryl methyl sites for hydroxylation is 1. The molecule has 1 aromatic heterocycles. The summed E-state index contributed by atoms with van der Waals surface area (Å²) in [6, 6.07) is 19.5. The number of thiazole rings is 1. The van der Waals surface area contributed by atoms with Crippen LogP contribution in [0.3, 0.4) is 0 Å². The topological polar surface area (TPSA) is 152 Å². The lowest BCUT2D eigenvalue weighted by Gasteiger charge is -2.30. The number of H-pyrrole nitrogens is 1. The van der Waals surface area contributed by atoms with Gasteiger partial charge in [-0.25, -0.2) is 4.90 Å². The summed E-state index contributed by atoms with van der Waals surface area (Å²) in [5.74, 6) is -2.37. The van der Waals surface area contributed by atoms with Crippen molar-refractivity contribution in [3.05, 3.63) is 109 Å². The highest BCUT2D eigenvalue weighted by Gasteiger charge is 2.56. The van der Waals surface area contributed by atoms with Crippen LogP contribution in [0.25, 0.3) is 0 Å². The van der Waals surface area contributed by atoms with E-state index in [1.54, 1.807) is 30.3 Å². The van der Waals surface area contributed by atoms with E-state index in [0.717, 1.165) is 33.6 Å². The predicted octanol–water partition coefficient (Wildman–Crippen LogP) is 4.47. The molecule has 3 amide bonds. The summed E-state index contributed by atoms with van der Waals surface area (Å²) >= 11 is 2.12. The Morgan fingerprint density at radius 1 is 1.05 bits per heavy atom. The average molecular weight is 603 g/mol. The Morgan fingerprint density at radius 2 is 1.81 bits per heavy atom. The molecule has 1 saturated heterocycles. The number of amides is 3. The summed E-state index contributed by atoms with van der Waals surface area (Å²) < 4.78 is 5.78. The summed E-state index contributed by atoms with van der Waals surface area (Å²) in [4.78, 5) is 67.0. The van der Waals surface area contributed by atoms with Crippen LogP contribution >= 0.6 is 23.1 Å². The van der Waals surface area contributed by atoms with E-state index in [-0.39, 0.29) is 28.8 Å². The van der Waals surface area contributed by atoms with E-state index in [9.17, 15) is 29.3 Å². The number of benzene rings is 3. The van der Waals surface area contributed by atoms with Gasteiger partial charge in [0.15, 0.2) is 6.61 Å². The van der Waals surface area contributed by atoms with Crippen LogP contribution in [0.5, 0.6) is 5.75 Å². The summed E-state index contributed by atoms with van der Waals surface area (Å²) in [6.45, 7) is 1.63. The lowest BCUT2D eigenvalue weighted by Crippen LogP contribution is -2.32. The van der Waals surface area contributed by atoms with Crippen LogP contribution in [-0.4, -0.2) is 39.5 Å². The van der Waals surface area contributed by atoms with Crippen LogP contribution in [-0.2, 0) is 14.4 Å². The quantitative estimate of drug-likeness (QED) is 0.179. The van der Waals surface area contributed by atoms with E-state index in [2.05, 4.69) is 10.3 Å². The minimum atomic E-state index is -0.837. The van der Waals surface area contributed by atoms with Crippen molar-refractivity contribution < 1.29 is 24.0 Å². The standard InChI is InChI=1S/C29H22N4O7S2/c1-15-5-2-3-8-20(15)30-21(34)14-40-19-7-4-6-16(13-19)22-23-25(41-26-24(22)42-29(37)31-26)28(36)32(27(23)35)17-9-11-18(12-10-17)33(38)39/h2-13,22-23,25H,14H2,1H3,(H,30,34)(H,31,37)/t22-,23-,25+/m0/s1. The van der Waals surface area contributed by atoms with Crippen molar-refractivity contribution in [1.29, 1.82) is 0 Å². The van der Waals surface area contributed by atoms with Gasteiger partial charge in [-0.3, -0.25) is 29.3 Å². The van der Waals surface area contributed by atoms with Gasteiger partial charge in [-0.15, -0.1) is 0 Å². The van der Waals surface area contributed by atoms with Gasteiger partial charge in [0.05, 0.1) is 21.6 Å². The van der Waals surface area contributed by atoms with E-state index >= 15 is 0 Å². The van der Waals surface area contributed by atoms with Gasteiger partial charge in [-0.1, -0.05) is 53.4 Å². The third-order valence-electron chi connectivity index (χ3n) is 7.15. The van der Waals surface area contributed by atoms with Crippen molar-refractivity contribution in [2.45, 2.75) is 23.1 Å². The molecule has 13 heteroatoms. The second-order valence-electron chi connectivity index (χ2n) is 9.76. The highest BCUT2D eigenvalue weighted by molar-refractivity contribution is 8.00. The first-order valence-electron chi connectivity index (χ1n) is 12.8. The second-order valence-corrected chi connectivity index (χ2v) is 11.9. The minimum absolute atomic E-state index is 0.160. The molecule has 0 radical (unpaired) electrons. The smallest absolute Gasteiger partial charge is 0.305 e. The number of ether oxygens (including phenoxy) is 1.